The highest BCUT2D eigenvalue weighted by Crippen LogP contribution is 2.30. The van der Waals surface area contributed by atoms with Crippen LogP contribution >= 0.6 is 23.2 Å². The normalized spacial score (nSPS) is 12.1. The van der Waals surface area contributed by atoms with Gasteiger partial charge >= 0.3 is 5.97 Å². The van der Waals surface area contributed by atoms with E-state index in [0.29, 0.717) is 22.0 Å². The number of hydrogen-bond donors (Lipinski definition) is 1. The Bertz CT molecular complexity index is 582. The van der Waals surface area contributed by atoms with Gasteiger partial charge in [-0.3, -0.25) is 4.79 Å². The molecule has 1 atom stereocenters. The number of carbonyl (C=O) groups is 1. The van der Waals surface area contributed by atoms with E-state index in [1.165, 1.54) is 0 Å². The standard InChI is InChI=1S/C15H12Cl2O2/c16-11-6-7-12(14(17)9-11)13(15(18)19)8-10-4-2-1-3-5-10/h1-7,9,13H,8H2,(H,18,19). The summed E-state index contributed by atoms with van der Waals surface area (Å²) in [5.74, 6) is -1.57. The average Bonchev–Trinajstić information content (AvgIpc) is 2.38. The van der Waals surface area contributed by atoms with E-state index in [1.807, 2.05) is 30.3 Å². The molecule has 0 fully saturated rings. The van der Waals surface area contributed by atoms with E-state index in [-0.39, 0.29) is 0 Å². The molecule has 0 saturated heterocycles. The van der Waals surface area contributed by atoms with E-state index in [0.717, 1.165) is 5.56 Å². The van der Waals surface area contributed by atoms with Gasteiger partial charge in [0.05, 0.1) is 5.92 Å². The summed E-state index contributed by atoms with van der Waals surface area (Å²) >= 11 is 11.9. The first-order valence-corrected chi connectivity index (χ1v) is 6.55. The van der Waals surface area contributed by atoms with Crippen LogP contribution in [-0.4, -0.2) is 11.1 Å². The van der Waals surface area contributed by atoms with Crippen LogP contribution in [0.5, 0.6) is 0 Å². The van der Waals surface area contributed by atoms with Crippen LogP contribution < -0.4 is 0 Å². The van der Waals surface area contributed by atoms with Gasteiger partial charge in [0.2, 0.25) is 0 Å². The molecule has 2 aromatic carbocycles. The van der Waals surface area contributed by atoms with Crippen molar-refractivity contribution in [3.8, 4) is 0 Å². The molecule has 0 bridgehead atoms. The zero-order chi connectivity index (χ0) is 13.8. The van der Waals surface area contributed by atoms with E-state index in [1.54, 1.807) is 18.2 Å². The Hall–Kier alpha value is -1.51. The number of hydrogen-bond acceptors (Lipinski definition) is 1. The van der Waals surface area contributed by atoms with Gasteiger partial charge < -0.3 is 5.11 Å². The van der Waals surface area contributed by atoms with Gasteiger partial charge in [-0.2, -0.15) is 0 Å². The van der Waals surface area contributed by atoms with Crippen LogP contribution in [0.3, 0.4) is 0 Å². The first kappa shape index (κ1) is 13.9. The lowest BCUT2D eigenvalue weighted by molar-refractivity contribution is -0.138. The summed E-state index contributed by atoms with van der Waals surface area (Å²) in [5, 5.41) is 10.3. The molecule has 4 heteroatoms. The third kappa shape index (κ3) is 3.49. The predicted octanol–water partition coefficient (Wildman–Crippen LogP) is 4.40. The van der Waals surface area contributed by atoms with E-state index < -0.39 is 11.9 Å². The number of carboxylic acid groups (broad SMARTS) is 1. The maximum Gasteiger partial charge on any atom is 0.311 e. The van der Waals surface area contributed by atoms with Gasteiger partial charge in [-0.05, 0) is 29.7 Å². The average molecular weight is 295 g/mol. The van der Waals surface area contributed by atoms with Crippen LogP contribution in [0.25, 0.3) is 0 Å². The molecule has 0 aliphatic carbocycles. The van der Waals surface area contributed by atoms with Gasteiger partial charge in [-0.25, -0.2) is 0 Å². The monoisotopic (exact) mass is 294 g/mol. The quantitative estimate of drug-likeness (QED) is 0.907. The maximum absolute atomic E-state index is 11.4. The van der Waals surface area contributed by atoms with Crippen molar-refractivity contribution < 1.29 is 9.90 Å². The molecule has 0 amide bonds. The highest BCUT2D eigenvalue weighted by atomic mass is 35.5. The van der Waals surface area contributed by atoms with Gasteiger partial charge in [0.15, 0.2) is 0 Å². The topological polar surface area (TPSA) is 37.3 Å². The lowest BCUT2D eigenvalue weighted by Crippen LogP contribution is -2.15. The molecule has 0 aliphatic heterocycles. The van der Waals surface area contributed by atoms with Gasteiger partial charge in [0.1, 0.15) is 0 Å². The summed E-state index contributed by atoms with van der Waals surface area (Å²) < 4.78 is 0. The molecule has 0 aromatic heterocycles. The van der Waals surface area contributed by atoms with Gasteiger partial charge in [0.25, 0.3) is 0 Å². The van der Waals surface area contributed by atoms with Crippen LogP contribution in [0, 0.1) is 0 Å². The molecular weight excluding hydrogens is 283 g/mol. The molecule has 19 heavy (non-hydrogen) atoms. The second-order valence-corrected chi connectivity index (χ2v) is 5.09. The van der Waals surface area contributed by atoms with E-state index in [9.17, 15) is 9.90 Å². The third-order valence-electron chi connectivity index (χ3n) is 2.92. The van der Waals surface area contributed by atoms with Crippen LogP contribution in [0.2, 0.25) is 10.0 Å². The summed E-state index contributed by atoms with van der Waals surface area (Å²) in [4.78, 5) is 11.4. The Morgan fingerprint density at radius 1 is 1.11 bits per heavy atom. The molecule has 2 aromatic rings. The Balaban J connectivity index is 2.33. The van der Waals surface area contributed by atoms with Crippen molar-refractivity contribution in [2.24, 2.45) is 0 Å². The predicted molar refractivity (Wildman–Crippen MR) is 77.0 cm³/mol. The largest absolute Gasteiger partial charge is 0.481 e. The minimum atomic E-state index is -0.895. The van der Waals surface area contributed by atoms with Crippen molar-refractivity contribution in [2.45, 2.75) is 12.3 Å². The highest BCUT2D eigenvalue weighted by molar-refractivity contribution is 6.35. The lowest BCUT2D eigenvalue weighted by atomic mass is 9.92. The van der Waals surface area contributed by atoms with E-state index in [4.69, 9.17) is 23.2 Å². The number of aliphatic carboxylic acids is 1. The smallest absolute Gasteiger partial charge is 0.311 e. The molecule has 1 N–H and O–H groups in total. The fraction of sp³-hybridized carbons (Fsp3) is 0.133. The van der Waals surface area contributed by atoms with Crippen LogP contribution in [0.1, 0.15) is 17.0 Å². The summed E-state index contributed by atoms with van der Waals surface area (Å²) in [6.45, 7) is 0. The summed E-state index contributed by atoms with van der Waals surface area (Å²) in [5.41, 5.74) is 1.54. The molecular formula is C15H12Cl2O2. The second kappa shape index (κ2) is 6.09. The van der Waals surface area contributed by atoms with Crippen molar-refractivity contribution in [3.63, 3.8) is 0 Å². The third-order valence-corrected chi connectivity index (χ3v) is 3.48. The molecule has 98 valence electrons. The number of benzene rings is 2. The molecule has 0 spiro atoms. The summed E-state index contributed by atoms with van der Waals surface area (Å²) in [6, 6.07) is 14.4. The fourth-order valence-corrected chi connectivity index (χ4v) is 2.50. The first-order valence-electron chi connectivity index (χ1n) is 5.79. The van der Waals surface area contributed by atoms with Crippen LogP contribution in [0.15, 0.2) is 48.5 Å². The van der Waals surface area contributed by atoms with Crippen LogP contribution in [0.4, 0.5) is 0 Å². The molecule has 0 saturated carbocycles. The summed E-state index contributed by atoms with van der Waals surface area (Å²) in [6.07, 6.45) is 0.400. The first-order chi connectivity index (χ1) is 9.08. The highest BCUT2D eigenvalue weighted by Gasteiger charge is 2.22. The SMILES string of the molecule is O=C(O)C(Cc1ccccc1)c1ccc(Cl)cc1Cl. The van der Waals surface area contributed by atoms with Crippen LogP contribution in [-0.2, 0) is 11.2 Å². The minimum absolute atomic E-state index is 0.385. The maximum atomic E-state index is 11.4. The molecule has 1 unspecified atom stereocenters. The summed E-state index contributed by atoms with van der Waals surface area (Å²) in [7, 11) is 0. The van der Waals surface area contributed by atoms with Gasteiger partial charge in [-0.15, -0.1) is 0 Å². The Morgan fingerprint density at radius 3 is 2.37 bits per heavy atom. The molecule has 2 nitrogen and oxygen atoms in total. The molecule has 0 aliphatic rings. The zero-order valence-corrected chi connectivity index (χ0v) is 11.5. The molecule has 2 rings (SSSR count). The van der Waals surface area contributed by atoms with Crippen molar-refractivity contribution in [1.29, 1.82) is 0 Å². The second-order valence-electron chi connectivity index (χ2n) is 4.25. The zero-order valence-electron chi connectivity index (χ0n) is 10.0. The fourth-order valence-electron chi connectivity index (χ4n) is 1.96. The van der Waals surface area contributed by atoms with Gasteiger partial charge in [-0.1, -0.05) is 59.6 Å². The van der Waals surface area contributed by atoms with E-state index >= 15 is 0 Å². The lowest BCUT2D eigenvalue weighted by Gasteiger charge is -2.14. The Kier molecular flexibility index (Phi) is 4.46. The number of rotatable bonds is 4. The van der Waals surface area contributed by atoms with E-state index in [2.05, 4.69) is 0 Å². The van der Waals surface area contributed by atoms with Crippen molar-refractivity contribution in [2.75, 3.05) is 0 Å². The van der Waals surface area contributed by atoms with Crippen molar-refractivity contribution in [1.82, 2.24) is 0 Å². The number of carboxylic acids is 1. The van der Waals surface area contributed by atoms with Gasteiger partial charge in [0, 0.05) is 10.0 Å². The minimum Gasteiger partial charge on any atom is -0.481 e. The Labute approximate surface area is 121 Å². The number of halogens is 2. The van der Waals surface area contributed by atoms with Crippen molar-refractivity contribution >= 4 is 29.2 Å². The van der Waals surface area contributed by atoms with Crippen molar-refractivity contribution in [3.05, 3.63) is 69.7 Å². The molecule has 0 radical (unpaired) electrons. The molecule has 0 heterocycles. The Morgan fingerprint density at radius 2 is 1.79 bits per heavy atom.